The van der Waals surface area contributed by atoms with Crippen LogP contribution in [0.15, 0.2) is 122 Å². The Labute approximate surface area is 507 Å². The van der Waals surface area contributed by atoms with Crippen molar-refractivity contribution in [3.63, 3.8) is 0 Å². The standard InChI is InChI=1S/C76H128O6/c1-4-7-10-13-16-19-22-25-28-31-33-34-35-36-37-38-39-40-41-42-44-45-48-51-54-57-60-63-66-69-75(78)81-72-73(71-80-74(77)68-65-62-59-56-53-50-47-30-27-24-21-18-15-12-9-6-3)82-76(79)70-67-64-61-58-55-52-49-46-43-32-29-26-23-20-17-14-11-8-5-2/h7,10,16,19,25-26,28-30,33-34,36-37,39-40,42,44,47-48,51,73H,4-6,8-9,11-15,17-18,20-24,27,31-32,35,38,41,43,45-46,49-50,52-72H2,1-3H3/b10-7-,19-16-,28-25-,29-26-,34-33-,37-36-,40-39-,44-42-,47-30-,51-48-. The average Bonchev–Trinajstić information content (AvgIpc) is 3.47. The van der Waals surface area contributed by atoms with Crippen molar-refractivity contribution in [1.82, 2.24) is 0 Å². The summed E-state index contributed by atoms with van der Waals surface area (Å²) >= 11 is 0. The van der Waals surface area contributed by atoms with Gasteiger partial charge < -0.3 is 14.2 Å². The number of ether oxygens (including phenoxy) is 3. The fourth-order valence-electron chi connectivity index (χ4n) is 9.51. The van der Waals surface area contributed by atoms with Crippen molar-refractivity contribution >= 4 is 17.9 Å². The number of hydrogen-bond acceptors (Lipinski definition) is 6. The zero-order chi connectivity index (χ0) is 59.2. The molecule has 82 heavy (non-hydrogen) atoms. The largest absolute Gasteiger partial charge is 0.462 e. The van der Waals surface area contributed by atoms with E-state index in [4.69, 9.17) is 14.2 Å². The summed E-state index contributed by atoms with van der Waals surface area (Å²) in [5, 5.41) is 0. The molecule has 0 aromatic carbocycles. The monoisotopic (exact) mass is 1140 g/mol. The highest BCUT2D eigenvalue weighted by atomic mass is 16.6. The van der Waals surface area contributed by atoms with Gasteiger partial charge in [-0.25, -0.2) is 0 Å². The van der Waals surface area contributed by atoms with Gasteiger partial charge in [-0.15, -0.1) is 0 Å². The van der Waals surface area contributed by atoms with Gasteiger partial charge in [0.25, 0.3) is 0 Å². The number of carbonyl (C=O) groups excluding carboxylic acids is 3. The molecule has 0 spiro atoms. The zero-order valence-corrected chi connectivity index (χ0v) is 53.7. The summed E-state index contributed by atoms with van der Waals surface area (Å²) in [5.41, 5.74) is 0. The molecule has 0 radical (unpaired) electrons. The molecule has 1 atom stereocenters. The van der Waals surface area contributed by atoms with Crippen LogP contribution in [0, 0.1) is 0 Å². The van der Waals surface area contributed by atoms with Crippen LogP contribution in [0.3, 0.4) is 0 Å². The molecule has 1 unspecified atom stereocenters. The Kier molecular flexibility index (Phi) is 65.8. The quantitative estimate of drug-likeness (QED) is 0.0261. The summed E-state index contributed by atoms with van der Waals surface area (Å²) in [6.07, 6.45) is 96.4. The van der Waals surface area contributed by atoms with Crippen LogP contribution in [-0.4, -0.2) is 37.2 Å². The fourth-order valence-corrected chi connectivity index (χ4v) is 9.51. The van der Waals surface area contributed by atoms with Crippen LogP contribution in [0.25, 0.3) is 0 Å². The van der Waals surface area contributed by atoms with Crippen molar-refractivity contribution < 1.29 is 28.6 Å². The van der Waals surface area contributed by atoms with Crippen molar-refractivity contribution in [3.05, 3.63) is 122 Å². The van der Waals surface area contributed by atoms with E-state index in [-0.39, 0.29) is 31.1 Å². The zero-order valence-electron chi connectivity index (χ0n) is 53.7. The van der Waals surface area contributed by atoms with Crippen molar-refractivity contribution in [1.29, 1.82) is 0 Å². The summed E-state index contributed by atoms with van der Waals surface area (Å²) in [6.45, 7) is 6.52. The maximum atomic E-state index is 12.9. The predicted octanol–water partition coefficient (Wildman–Crippen LogP) is 23.9. The molecule has 0 aromatic rings. The molecule has 0 heterocycles. The maximum absolute atomic E-state index is 12.9. The van der Waals surface area contributed by atoms with Crippen LogP contribution in [0.2, 0.25) is 0 Å². The van der Waals surface area contributed by atoms with Gasteiger partial charge in [-0.05, 0) is 135 Å². The van der Waals surface area contributed by atoms with E-state index < -0.39 is 6.10 Å². The van der Waals surface area contributed by atoms with Crippen LogP contribution < -0.4 is 0 Å². The van der Waals surface area contributed by atoms with Crippen molar-refractivity contribution in [2.24, 2.45) is 0 Å². The fraction of sp³-hybridized carbons (Fsp3) is 0.697. The van der Waals surface area contributed by atoms with E-state index >= 15 is 0 Å². The molecule has 6 nitrogen and oxygen atoms in total. The van der Waals surface area contributed by atoms with Crippen molar-refractivity contribution in [3.8, 4) is 0 Å². The van der Waals surface area contributed by atoms with Gasteiger partial charge in [0.15, 0.2) is 6.10 Å². The molecule has 0 bridgehead atoms. The maximum Gasteiger partial charge on any atom is 0.306 e. The first-order valence-electron chi connectivity index (χ1n) is 34.5. The highest BCUT2D eigenvalue weighted by Crippen LogP contribution is 2.16. The molecular weight excluding hydrogens is 1010 g/mol. The summed E-state index contributed by atoms with van der Waals surface area (Å²) in [6, 6.07) is 0. The molecule has 0 rings (SSSR count). The van der Waals surface area contributed by atoms with E-state index in [1.165, 1.54) is 154 Å². The van der Waals surface area contributed by atoms with E-state index in [1.807, 2.05) is 0 Å². The predicted molar refractivity (Wildman–Crippen MR) is 357 cm³/mol. The molecule has 0 amide bonds. The van der Waals surface area contributed by atoms with Crippen molar-refractivity contribution in [2.75, 3.05) is 13.2 Å². The van der Waals surface area contributed by atoms with E-state index in [0.717, 1.165) is 128 Å². The van der Waals surface area contributed by atoms with E-state index in [9.17, 15) is 14.4 Å². The molecule has 0 aliphatic carbocycles. The minimum Gasteiger partial charge on any atom is -0.462 e. The average molecular weight is 1140 g/mol. The highest BCUT2D eigenvalue weighted by Gasteiger charge is 2.19. The number of carbonyl (C=O) groups is 3. The Morgan fingerprint density at radius 3 is 0.756 bits per heavy atom. The third-order valence-electron chi connectivity index (χ3n) is 14.7. The van der Waals surface area contributed by atoms with Gasteiger partial charge in [-0.2, -0.15) is 0 Å². The van der Waals surface area contributed by atoms with Crippen LogP contribution >= 0.6 is 0 Å². The Morgan fingerprint density at radius 1 is 0.256 bits per heavy atom. The van der Waals surface area contributed by atoms with Gasteiger partial charge in [-0.1, -0.05) is 290 Å². The van der Waals surface area contributed by atoms with Gasteiger partial charge in [0.2, 0.25) is 0 Å². The Hall–Kier alpha value is -4.19. The third kappa shape index (κ3) is 66.6. The smallest absolute Gasteiger partial charge is 0.306 e. The van der Waals surface area contributed by atoms with Crippen LogP contribution in [-0.2, 0) is 28.6 Å². The molecule has 6 heteroatoms. The summed E-state index contributed by atoms with van der Waals surface area (Å²) in [4.78, 5) is 38.4. The second kappa shape index (κ2) is 69.3. The number of rotatable bonds is 62. The molecule has 0 aliphatic heterocycles. The van der Waals surface area contributed by atoms with Gasteiger partial charge in [-0.3, -0.25) is 14.4 Å². The SMILES string of the molecule is CC/C=C\C/C=C\C/C=C\C/C=C\C/C=C\C/C=C\C/C=C\C/C=C\CCCCCCC(=O)OCC(COC(=O)CCCCCCC/C=C\CCCCCCCCC)OC(=O)CCCCCCCCCCC/C=C\CCCCCCCC. The first-order valence-corrected chi connectivity index (χ1v) is 34.5. The molecule has 0 fully saturated rings. The van der Waals surface area contributed by atoms with Crippen molar-refractivity contribution in [2.45, 2.75) is 329 Å². The lowest BCUT2D eigenvalue weighted by Gasteiger charge is -2.18. The number of unbranched alkanes of at least 4 members (excludes halogenated alkanes) is 31. The number of esters is 3. The lowest BCUT2D eigenvalue weighted by molar-refractivity contribution is -0.167. The molecular formula is C76H128O6. The van der Waals surface area contributed by atoms with E-state index in [0.29, 0.717) is 19.3 Å². The van der Waals surface area contributed by atoms with E-state index in [2.05, 4.69) is 142 Å². The van der Waals surface area contributed by atoms with Gasteiger partial charge in [0, 0.05) is 19.3 Å². The lowest BCUT2D eigenvalue weighted by atomic mass is 10.1. The third-order valence-corrected chi connectivity index (χ3v) is 14.7. The minimum atomic E-state index is -0.798. The topological polar surface area (TPSA) is 78.9 Å². The number of allylic oxidation sites excluding steroid dienone is 20. The highest BCUT2D eigenvalue weighted by molar-refractivity contribution is 5.71. The second-order valence-corrected chi connectivity index (χ2v) is 22.7. The second-order valence-electron chi connectivity index (χ2n) is 22.7. The molecule has 0 aromatic heterocycles. The molecule has 0 saturated carbocycles. The van der Waals surface area contributed by atoms with Gasteiger partial charge >= 0.3 is 17.9 Å². The molecule has 0 N–H and O–H groups in total. The Bertz CT molecular complexity index is 1690. The Balaban J connectivity index is 4.42. The lowest BCUT2D eigenvalue weighted by Crippen LogP contribution is -2.30. The van der Waals surface area contributed by atoms with Crippen LogP contribution in [0.1, 0.15) is 323 Å². The molecule has 0 saturated heterocycles. The minimum absolute atomic E-state index is 0.0920. The summed E-state index contributed by atoms with van der Waals surface area (Å²) in [5.74, 6) is -0.918. The van der Waals surface area contributed by atoms with Gasteiger partial charge in [0.1, 0.15) is 13.2 Å². The van der Waals surface area contributed by atoms with Crippen LogP contribution in [0.4, 0.5) is 0 Å². The first-order chi connectivity index (χ1) is 40.5. The molecule has 0 aliphatic rings. The molecule has 468 valence electrons. The summed E-state index contributed by atoms with van der Waals surface area (Å²) in [7, 11) is 0. The van der Waals surface area contributed by atoms with Gasteiger partial charge in [0.05, 0.1) is 0 Å². The number of hydrogen-bond donors (Lipinski definition) is 0. The van der Waals surface area contributed by atoms with E-state index in [1.54, 1.807) is 0 Å². The first kappa shape index (κ1) is 77.8. The van der Waals surface area contributed by atoms with Crippen LogP contribution in [0.5, 0.6) is 0 Å². The Morgan fingerprint density at radius 2 is 0.476 bits per heavy atom. The normalized spacial score (nSPS) is 12.9. The summed E-state index contributed by atoms with van der Waals surface area (Å²) < 4.78 is 16.9.